The smallest absolute Gasteiger partial charge is 0.0106 e. The lowest BCUT2D eigenvalue weighted by molar-refractivity contribution is 0.00490. The minimum Gasteiger partial charge on any atom is -0.0625 e. The van der Waals surface area contributed by atoms with Gasteiger partial charge in [-0.1, -0.05) is 41.5 Å². The van der Waals surface area contributed by atoms with Gasteiger partial charge in [0, 0.05) is 0 Å². The van der Waals surface area contributed by atoms with Crippen LogP contribution < -0.4 is 0 Å². The van der Waals surface area contributed by atoms with Crippen LogP contribution in [0.3, 0.4) is 0 Å². The Labute approximate surface area is 84.1 Å². The van der Waals surface area contributed by atoms with Gasteiger partial charge in [0.1, 0.15) is 0 Å². The predicted octanol–water partition coefficient (Wildman–Crippen LogP) is 4.19. The molecule has 1 unspecified atom stereocenters. The van der Waals surface area contributed by atoms with Gasteiger partial charge in [0.05, 0.1) is 0 Å². The van der Waals surface area contributed by atoms with Crippen molar-refractivity contribution in [3.8, 4) is 0 Å². The van der Waals surface area contributed by atoms with E-state index in [1.54, 1.807) is 0 Å². The largest absolute Gasteiger partial charge is 0.0625 e. The van der Waals surface area contributed by atoms with Crippen molar-refractivity contribution in [3.05, 3.63) is 6.42 Å². The van der Waals surface area contributed by atoms with Crippen LogP contribution in [0, 0.1) is 29.1 Å². The average Bonchev–Trinajstić information content (AvgIpc) is 1.94. The van der Waals surface area contributed by atoms with Gasteiger partial charge in [-0.3, -0.25) is 0 Å². The van der Waals surface area contributed by atoms with Crippen molar-refractivity contribution in [1.29, 1.82) is 0 Å². The van der Waals surface area contributed by atoms with Gasteiger partial charge in [0.15, 0.2) is 0 Å². The summed E-state index contributed by atoms with van der Waals surface area (Å²) in [6.07, 6.45) is 6.14. The maximum atomic E-state index is 3.63. The standard InChI is InChI=1S/C13H24/c1-10(2)11-8-7-9-12(3,4)13(11,5)6/h10-11H,7-8H2,1-6H3. The fourth-order valence-corrected chi connectivity index (χ4v) is 2.76. The molecule has 0 heterocycles. The Bertz CT molecular complexity index is 174. The fraction of sp³-hybridized carbons (Fsp3) is 0.923. The quantitative estimate of drug-likeness (QED) is 0.567. The molecule has 1 rings (SSSR count). The van der Waals surface area contributed by atoms with E-state index in [2.05, 4.69) is 48.0 Å². The van der Waals surface area contributed by atoms with E-state index in [1.165, 1.54) is 12.8 Å². The van der Waals surface area contributed by atoms with E-state index in [0.29, 0.717) is 5.41 Å². The molecule has 1 atom stereocenters. The molecular formula is C13H24. The summed E-state index contributed by atoms with van der Waals surface area (Å²) >= 11 is 0. The molecular weight excluding hydrogens is 156 g/mol. The molecule has 0 bridgehead atoms. The molecule has 0 aliphatic heterocycles. The molecule has 0 amide bonds. The summed E-state index contributed by atoms with van der Waals surface area (Å²) in [7, 11) is 0. The molecule has 76 valence electrons. The van der Waals surface area contributed by atoms with Gasteiger partial charge in [-0.05, 0) is 41.9 Å². The highest BCUT2D eigenvalue weighted by Gasteiger charge is 2.46. The highest BCUT2D eigenvalue weighted by molar-refractivity contribution is 5.04. The lowest BCUT2D eigenvalue weighted by atomic mass is 9.52. The van der Waals surface area contributed by atoms with Crippen LogP contribution in [-0.2, 0) is 0 Å². The predicted molar refractivity (Wildman–Crippen MR) is 58.4 cm³/mol. The summed E-state index contributed by atoms with van der Waals surface area (Å²) in [4.78, 5) is 0. The Kier molecular flexibility index (Phi) is 2.81. The van der Waals surface area contributed by atoms with Gasteiger partial charge in [0.25, 0.3) is 0 Å². The van der Waals surface area contributed by atoms with E-state index in [0.717, 1.165) is 11.8 Å². The Morgan fingerprint density at radius 3 is 2.08 bits per heavy atom. The highest BCUT2D eigenvalue weighted by atomic mass is 14.5. The molecule has 0 nitrogen and oxygen atoms in total. The zero-order chi connectivity index (χ0) is 10.3. The number of hydrogen-bond acceptors (Lipinski definition) is 0. The van der Waals surface area contributed by atoms with E-state index < -0.39 is 0 Å². The SMILES string of the molecule is CC(C)C1CC[C]C(C)(C)C1(C)C. The molecule has 0 aromatic rings. The monoisotopic (exact) mass is 180 g/mol. The zero-order valence-electron chi connectivity index (χ0n) is 10.1. The van der Waals surface area contributed by atoms with Crippen molar-refractivity contribution >= 4 is 0 Å². The lowest BCUT2D eigenvalue weighted by Crippen LogP contribution is -2.44. The maximum absolute atomic E-state index is 3.63. The van der Waals surface area contributed by atoms with Gasteiger partial charge in [-0.2, -0.15) is 0 Å². The summed E-state index contributed by atoms with van der Waals surface area (Å²) < 4.78 is 0. The molecule has 1 aliphatic carbocycles. The molecule has 13 heavy (non-hydrogen) atoms. The molecule has 1 saturated carbocycles. The summed E-state index contributed by atoms with van der Waals surface area (Å²) in [5, 5.41) is 0. The normalized spacial score (nSPS) is 32.1. The van der Waals surface area contributed by atoms with Crippen molar-refractivity contribution in [2.24, 2.45) is 22.7 Å². The van der Waals surface area contributed by atoms with Crippen molar-refractivity contribution in [3.63, 3.8) is 0 Å². The molecule has 2 radical (unpaired) electrons. The molecule has 0 N–H and O–H groups in total. The Morgan fingerprint density at radius 2 is 1.69 bits per heavy atom. The fourth-order valence-electron chi connectivity index (χ4n) is 2.76. The summed E-state index contributed by atoms with van der Waals surface area (Å²) in [6, 6.07) is 0. The minimum atomic E-state index is 0.278. The van der Waals surface area contributed by atoms with E-state index in [9.17, 15) is 0 Å². The van der Waals surface area contributed by atoms with Crippen LogP contribution in [0.2, 0.25) is 0 Å². The van der Waals surface area contributed by atoms with Crippen molar-refractivity contribution in [1.82, 2.24) is 0 Å². The second-order valence-corrected chi connectivity index (χ2v) is 5.91. The molecule has 0 heteroatoms. The highest BCUT2D eigenvalue weighted by Crippen LogP contribution is 2.54. The third-order valence-electron chi connectivity index (χ3n) is 4.36. The summed E-state index contributed by atoms with van der Waals surface area (Å²) in [6.45, 7) is 14.2. The first-order valence-corrected chi connectivity index (χ1v) is 5.54. The zero-order valence-corrected chi connectivity index (χ0v) is 10.1. The third-order valence-corrected chi connectivity index (χ3v) is 4.36. The second-order valence-electron chi connectivity index (χ2n) is 5.91. The van der Waals surface area contributed by atoms with Gasteiger partial charge in [-0.15, -0.1) is 0 Å². The van der Waals surface area contributed by atoms with Crippen LogP contribution in [0.15, 0.2) is 0 Å². The van der Waals surface area contributed by atoms with Crippen LogP contribution in [0.1, 0.15) is 54.4 Å². The van der Waals surface area contributed by atoms with Crippen molar-refractivity contribution < 1.29 is 0 Å². The van der Waals surface area contributed by atoms with Gasteiger partial charge < -0.3 is 0 Å². The van der Waals surface area contributed by atoms with E-state index in [4.69, 9.17) is 0 Å². The maximum Gasteiger partial charge on any atom is -0.0106 e. The van der Waals surface area contributed by atoms with E-state index in [-0.39, 0.29) is 5.41 Å². The molecule has 0 spiro atoms. The second kappa shape index (κ2) is 3.29. The van der Waals surface area contributed by atoms with Crippen LogP contribution in [0.5, 0.6) is 0 Å². The molecule has 0 aromatic carbocycles. The average molecular weight is 180 g/mol. The lowest BCUT2D eigenvalue weighted by Gasteiger charge is -2.52. The van der Waals surface area contributed by atoms with Gasteiger partial charge >= 0.3 is 0 Å². The summed E-state index contributed by atoms with van der Waals surface area (Å²) in [5.41, 5.74) is 0.680. The Morgan fingerprint density at radius 1 is 1.15 bits per heavy atom. The van der Waals surface area contributed by atoms with Crippen LogP contribution in [0.25, 0.3) is 0 Å². The van der Waals surface area contributed by atoms with E-state index in [1.807, 2.05) is 0 Å². The first kappa shape index (κ1) is 11.1. The number of hydrogen-bond donors (Lipinski definition) is 0. The van der Waals surface area contributed by atoms with Crippen molar-refractivity contribution in [2.75, 3.05) is 0 Å². The number of rotatable bonds is 1. The third kappa shape index (κ3) is 1.78. The molecule has 0 aromatic heterocycles. The molecule has 1 aliphatic rings. The van der Waals surface area contributed by atoms with Crippen LogP contribution in [0.4, 0.5) is 0 Å². The topological polar surface area (TPSA) is 0 Å². The summed E-state index contributed by atoms with van der Waals surface area (Å²) in [5.74, 6) is 1.65. The first-order chi connectivity index (χ1) is 5.79. The van der Waals surface area contributed by atoms with E-state index >= 15 is 0 Å². The minimum absolute atomic E-state index is 0.278. The molecule has 1 fully saturated rings. The Hall–Kier alpha value is 0. The molecule has 0 saturated heterocycles. The van der Waals surface area contributed by atoms with Crippen molar-refractivity contribution in [2.45, 2.75) is 54.4 Å². The Balaban J connectivity index is 2.88. The van der Waals surface area contributed by atoms with Gasteiger partial charge in [-0.25, -0.2) is 0 Å². The first-order valence-electron chi connectivity index (χ1n) is 5.54. The van der Waals surface area contributed by atoms with Crippen LogP contribution in [-0.4, -0.2) is 0 Å². The van der Waals surface area contributed by atoms with Crippen LogP contribution >= 0.6 is 0 Å². The van der Waals surface area contributed by atoms with Gasteiger partial charge in [0.2, 0.25) is 0 Å².